The summed E-state index contributed by atoms with van der Waals surface area (Å²) in [5, 5.41) is 13.0. The molecule has 0 spiro atoms. The van der Waals surface area contributed by atoms with Gasteiger partial charge in [-0.3, -0.25) is 0 Å². The standard InChI is InChI=1S/C15H14Br2FNO/c1-9(11-3-2-4-12(18)7-11)19-8-10-5-13(16)15(20)14(17)6-10/h2-7,9,19-20H,8H2,1H3/t9-/m1/s1. The van der Waals surface area contributed by atoms with Gasteiger partial charge in [-0.15, -0.1) is 0 Å². The number of rotatable bonds is 4. The van der Waals surface area contributed by atoms with E-state index in [0.717, 1.165) is 11.1 Å². The van der Waals surface area contributed by atoms with Crippen molar-refractivity contribution in [2.75, 3.05) is 0 Å². The van der Waals surface area contributed by atoms with E-state index in [2.05, 4.69) is 37.2 Å². The lowest BCUT2D eigenvalue weighted by atomic mass is 10.1. The molecule has 0 amide bonds. The molecule has 2 aromatic rings. The van der Waals surface area contributed by atoms with Crippen LogP contribution in [0.15, 0.2) is 45.3 Å². The van der Waals surface area contributed by atoms with Crippen LogP contribution in [0.2, 0.25) is 0 Å². The average Bonchev–Trinajstić information content (AvgIpc) is 2.42. The van der Waals surface area contributed by atoms with Crippen LogP contribution in [0.5, 0.6) is 5.75 Å². The molecule has 0 aliphatic heterocycles. The van der Waals surface area contributed by atoms with Crippen molar-refractivity contribution in [3.63, 3.8) is 0 Å². The minimum atomic E-state index is -0.230. The summed E-state index contributed by atoms with van der Waals surface area (Å²) in [6.45, 7) is 2.61. The summed E-state index contributed by atoms with van der Waals surface area (Å²) in [5.41, 5.74) is 1.92. The average molecular weight is 403 g/mol. The Labute approximate surface area is 134 Å². The highest BCUT2D eigenvalue weighted by Gasteiger charge is 2.09. The summed E-state index contributed by atoms with van der Waals surface area (Å²) >= 11 is 6.60. The third-order valence-electron chi connectivity index (χ3n) is 3.04. The number of halogens is 3. The van der Waals surface area contributed by atoms with E-state index < -0.39 is 0 Å². The van der Waals surface area contributed by atoms with Gasteiger partial charge in [0, 0.05) is 12.6 Å². The first-order valence-electron chi connectivity index (χ1n) is 6.13. The van der Waals surface area contributed by atoms with Crippen LogP contribution in [0, 0.1) is 5.82 Å². The lowest BCUT2D eigenvalue weighted by Crippen LogP contribution is -2.18. The molecule has 2 N–H and O–H groups in total. The Bertz CT molecular complexity index is 596. The van der Waals surface area contributed by atoms with Gasteiger partial charge in [-0.2, -0.15) is 0 Å². The largest absolute Gasteiger partial charge is 0.506 e. The van der Waals surface area contributed by atoms with E-state index in [1.54, 1.807) is 6.07 Å². The SMILES string of the molecule is C[C@@H](NCc1cc(Br)c(O)c(Br)c1)c1cccc(F)c1. The van der Waals surface area contributed by atoms with Crippen LogP contribution in [0.4, 0.5) is 4.39 Å². The van der Waals surface area contributed by atoms with Crippen molar-refractivity contribution in [3.8, 4) is 5.75 Å². The van der Waals surface area contributed by atoms with E-state index >= 15 is 0 Å². The molecular weight excluding hydrogens is 389 g/mol. The second kappa shape index (κ2) is 6.70. The molecular formula is C15H14Br2FNO. The predicted molar refractivity (Wildman–Crippen MR) is 85.2 cm³/mol. The Morgan fingerprint density at radius 1 is 1.20 bits per heavy atom. The Kier molecular flexibility index (Phi) is 5.18. The van der Waals surface area contributed by atoms with Gasteiger partial charge in [0.2, 0.25) is 0 Å². The zero-order valence-electron chi connectivity index (χ0n) is 10.8. The van der Waals surface area contributed by atoms with Crippen LogP contribution in [0.3, 0.4) is 0 Å². The van der Waals surface area contributed by atoms with Gasteiger partial charge in [-0.25, -0.2) is 4.39 Å². The topological polar surface area (TPSA) is 32.3 Å². The first-order chi connectivity index (χ1) is 9.47. The summed E-state index contributed by atoms with van der Waals surface area (Å²) in [6, 6.07) is 10.3. The molecule has 106 valence electrons. The highest BCUT2D eigenvalue weighted by atomic mass is 79.9. The van der Waals surface area contributed by atoms with Gasteiger partial charge in [0.15, 0.2) is 0 Å². The van der Waals surface area contributed by atoms with Crippen molar-refractivity contribution in [1.29, 1.82) is 0 Å². The Balaban J connectivity index is 2.05. The number of hydrogen-bond donors (Lipinski definition) is 2. The molecule has 0 saturated heterocycles. The lowest BCUT2D eigenvalue weighted by molar-refractivity contribution is 0.467. The summed E-state index contributed by atoms with van der Waals surface area (Å²) < 4.78 is 14.5. The van der Waals surface area contributed by atoms with Crippen LogP contribution in [0.1, 0.15) is 24.1 Å². The van der Waals surface area contributed by atoms with Gasteiger partial charge in [0.05, 0.1) is 8.95 Å². The van der Waals surface area contributed by atoms with Gasteiger partial charge in [-0.1, -0.05) is 12.1 Å². The van der Waals surface area contributed by atoms with Crippen LogP contribution < -0.4 is 5.32 Å². The maximum Gasteiger partial charge on any atom is 0.143 e. The van der Waals surface area contributed by atoms with Crippen LogP contribution in [0.25, 0.3) is 0 Å². The molecule has 1 atom stereocenters. The van der Waals surface area contributed by atoms with Gasteiger partial charge in [-0.05, 0) is 74.2 Å². The fraction of sp³-hybridized carbons (Fsp3) is 0.200. The van der Waals surface area contributed by atoms with Gasteiger partial charge < -0.3 is 10.4 Å². The van der Waals surface area contributed by atoms with E-state index in [4.69, 9.17) is 0 Å². The molecule has 0 bridgehead atoms. The van der Waals surface area contributed by atoms with Gasteiger partial charge in [0.1, 0.15) is 11.6 Å². The molecule has 0 aliphatic carbocycles. The van der Waals surface area contributed by atoms with E-state index in [1.807, 2.05) is 25.1 Å². The molecule has 20 heavy (non-hydrogen) atoms. The number of phenols is 1. The van der Waals surface area contributed by atoms with Crippen LogP contribution in [-0.2, 0) is 6.54 Å². The predicted octanol–water partition coefficient (Wildman–Crippen LogP) is 4.91. The van der Waals surface area contributed by atoms with E-state index in [1.165, 1.54) is 12.1 Å². The first-order valence-corrected chi connectivity index (χ1v) is 7.71. The fourth-order valence-corrected chi connectivity index (χ4v) is 3.17. The molecule has 0 radical (unpaired) electrons. The highest BCUT2D eigenvalue weighted by molar-refractivity contribution is 9.11. The molecule has 0 unspecified atom stereocenters. The molecule has 0 aromatic heterocycles. The monoisotopic (exact) mass is 401 g/mol. The summed E-state index contributed by atoms with van der Waals surface area (Å²) in [7, 11) is 0. The van der Waals surface area contributed by atoms with Crippen molar-refractivity contribution in [2.45, 2.75) is 19.5 Å². The maximum atomic E-state index is 13.2. The second-order valence-corrected chi connectivity index (χ2v) is 6.27. The molecule has 0 saturated carbocycles. The number of nitrogens with one attached hydrogen (secondary N) is 1. The van der Waals surface area contributed by atoms with Crippen molar-refractivity contribution < 1.29 is 9.50 Å². The van der Waals surface area contributed by atoms with Crippen LogP contribution >= 0.6 is 31.9 Å². The molecule has 2 rings (SSSR count). The van der Waals surface area contributed by atoms with Crippen LogP contribution in [-0.4, -0.2) is 5.11 Å². The third-order valence-corrected chi connectivity index (χ3v) is 4.25. The summed E-state index contributed by atoms with van der Waals surface area (Å²) in [4.78, 5) is 0. The normalized spacial score (nSPS) is 12.4. The number of hydrogen-bond acceptors (Lipinski definition) is 2. The fourth-order valence-electron chi connectivity index (χ4n) is 1.88. The van der Waals surface area contributed by atoms with Gasteiger partial charge in [0.25, 0.3) is 0 Å². The highest BCUT2D eigenvalue weighted by Crippen LogP contribution is 2.33. The van der Waals surface area contributed by atoms with Crippen molar-refractivity contribution >= 4 is 31.9 Å². The van der Waals surface area contributed by atoms with E-state index in [-0.39, 0.29) is 17.6 Å². The van der Waals surface area contributed by atoms with E-state index in [0.29, 0.717) is 15.5 Å². The number of phenolic OH excluding ortho intramolecular Hbond substituents is 1. The molecule has 0 fully saturated rings. The Morgan fingerprint density at radius 2 is 1.85 bits per heavy atom. The molecule has 2 nitrogen and oxygen atoms in total. The quantitative estimate of drug-likeness (QED) is 0.761. The van der Waals surface area contributed by atoms with Gasteiger partial charge >= 0.3 is 0 Å². The maximum absolute atomic E-state index is 13.2. The van der Waals surface area contributed by atoms with Crippen molar-refractivity contribution in [1.82, 2.24) is 5.32 Å². The Morgan fingerprint density at radius 3 is 2.45 bits per heavy atom. The minimum Gasteiger partial charge on any atom is -0.506 e. The minimum absolute atomic E-state index is 0.0389. The van der Waals surface area contributed by atoms with Crippen molar-refractivity contribution in [2.24, 2.45) is 0 Å². The molecule has 0 aliphatic rings. The zero-order chi connectivity index (χ0) is 14.7. The summed E-state index contributed by atoms with van der Waals surface area (Å²) in [6.07, 6.45) is 0. The molecule has 0 heterocycles. The second-order valence-electron chi connectivity index (χ2n) is 4.57. The number of benzene rings is 2. The zero-order valence-corrected chi connectivity index (χ0v) is 14.0. The lowest BCUT2D eigenvalue weighted by Gasteiger charge is -2.15. The van der Waals surface area contributed by atoms with Crippen molar-refractivity contribution in [3.05, 3.63) is 62.3 Å². The third kappa shape index (κ3) is 3.81. The molecule has 2 aromatic carbocycles. The Hall–Kier alpha value is -0.910. The summed E-state index contributed by atoms with van der Waals surface area (Å²) in [5.74, 6) is -0.0433. The number of aromatic hydroxyl groups is 1. The van der Waals surface area contributed by atoms with E-state index in [9.17, 15) is 9.50 Å². The smallest absolute Gasteiger partial charge is 0.143 e. The molecule has 5 heteroatoms. The first kappa shape index (κ1) is 15.5.